The monoisotopic (exact) mass is 389 g/mol. The third-order valence-electron chi connectivity index (χ3n) is 4.42. The quantitative estimate of drug-likeness (QED) is 0.519. The summed E-state index contributed by atoms with van der Waals surface area (Å²) in [4.78, 5) is 22.2. The van der Waals surface area contributed by atoms with Gasteiger partial charge in [-0.15, -0.1) is 0 Å². The summed E-state index contributed by atoms with van der Waals surface area (Å²) in [6, 6.07) is 9.37. The Labute approximate surface area is 170 Å². The second-order valence-electron chi connectivity index (χ2n) is 7.01. The number of esters is 1. The molecule has 0 aliphatic carbocycles. The van der Waals surface area contributed by atoms with Crippen molar-refractivity contribution in [3.05, 3.63) is 76.9 Å². The number of rotatable bonds is 5. The van der Waals surface area contributed by atoms with Crippen LogP contribution in [0.4, 0.5) is 5.69 Å². The number of hydrogen-bond donors (Lipinski definition) is 1. The third-order valence-corrected chi connectivity index (χ3v) is 4.42. The molecular formula is C23H23N3O3. The zero-order valence-corrected chi connectivity index (χ0v) is 16.9. The third kappa shape index (κ3) is 4.99. The van der Waals surface area contributed by atoms with Gasteiger partial charge in [-0.3, -0.25) is 0 Å². The number of anilines is 1. The first-order valence-electron chi connectivity index (χ1n) is 9.11. The van der Waals surface area contributed by atoms with Crippen molar-refractivity contribution in [2.24, 2.45) is 0 Å². The van der Waals surface area contributed by atoms with Crippen LogP contribution in [0.15, 0.2) is 49.1 Å². The molecule has 1 N–H and O–H groups in total. The number of carbonyl (C=O) groups excluding carboxylic acids is 1. The fourth-order valence-corrected chi connectivity index (χ4v) is 2.89. The van der Waals surface area contributed by atoms with E-state index in [1.807, 2.05) is 63.2 Å². The Morgan fingerprint density at radius 3 is 2.14 bits per heavy atom. The fourth-order valence-electron chi connectivity index (χ4n) is 2.89. The SMILES string of the molecule is Cc1cc(C=Cc2cc(C(=O)Oc3cncnc3)cc(N(C)C)c2)cc(C)c1O. The molecular weight excluding hydrogens is 366 g/mol. The van der Waals surface area contributed by atoms with Gasteiger partial charge in [0.05, 0.1) is 18.0 Å². The van der Waals surface area contributed by atoms with Crippen LogP contribution in [-0.2, 0) is 0 Å². The Bertz CT molecular complexity index is 1040. The Morgan fingerprint density at radius 2 is 1.55 bits per heavy atom. The van der Waals surface area contributed by atoms with Gasteiger partial charge in [-0.2, -0.15) is 0 Å². The maximum atomic E-state index is 12.6. The van der Waals surface area contributed by atoms with E-state index in [0.29, 0.717) is 17.1 Å². The topological polar surface area (TPSA) is 75.5 Å². The van der Waals surface area contributed by atoms with Crippen LogP contribution in [-0.4, -0.2) is 35.1 Å². The van der Waals surface area contributed by atoms with Crippen molar-refractivity contribution in [1.82, 2.24) is 9.97 Å². The molecule has 0 saturated heterocycles. The molecule has 0 spiro atoms. The molecule has 0 saturated carbocycles. The lowest BCUT2D eigenvalue weighted by Crippen LogP contribution is -2.13. The number of aromatic hydroxyl groups is 1. The van der Waals surface area contributed by atoms with Gasteiger partial charge >= 0.3 is 5.97 Å². The molecule has 3 rings (SSSR count). The minimum atomic E-state index is -0.477. The van der Waals surface area contributed by atoms with Crippen LogP contribution in [0.1, 0.15) is 32.6 Å². The van der Waals surface area contributed by atoms with Gasteiger partial charge in [0.25, 0.3) is 0 Å². The highest BCUT2D eigenvalue weighted by Crippen LogP contribution is 2.25. The maximum absolute atomic E-state index is 12.6. The second kappa shape index (κ2) is 8.56. The van der Waals surface area contributed by atoms with E-state index in [0.717, 1.165) is 27.9 Å². The van der Waals surface area contributed by atoms with E-state index in [9.17, 15) is 9.90 Å². The molecule has 148 valence electrons. The number of ether oxygens (including phenoxy) is 1. The van der Waals surface area contributed by atoms with Crippen molar-refractivity contribution >= 4 is 23.8 Å². The summed E-state index contributed by atoms with van der Waals surface area (Å²) in [6.07, 6.45) is 8.14. The lowest BCUT2D eigenvalue weighted by atomic mass is 10.0. The molecule has 0 bridgehead atoms. The lowest BCUT2D eigenvalue weighted by molar-refractivity contribution is 0.0733. The van der Waals surface area contributed by atoms with Crippen LogP contribution >= 0.6 is 0 Å². The fraction of sp³-hybridized carbons (Fsp3) is 0.174. The first kappa shape index (κ1) is 20.1. The first-order chi connectivity index (χ1) is 13.8. The Hall–Kier alpha value is -3.67. The van der Waals surface area contributed by atoms with Gasteiger partial charge in [-0.25, -0.2) is 14.8 Å². The van der Waals surface area contributed by atoms with Gasteiger partial charge in [0.15, 0.2) is 5.75 Å². The average Bonchev–Trinajstić information content (AvgIpc) is 2.70. The molecule has 0 amide bonds. The van der Waals surface area contributed by atoms with E-state index in [4.69, 9.17) is 4.74 Å². The predicted octanol–water partition coefficient (Wildman–Crippen LogP) is 4.25. The maximum Gasteiger partial charge on any atom is 0.343 e. The van der Waals surface area contributed by atoms with Gasteiger partial charge in [-0.05, 0) is 66.4 Å². The van der Waals surface area contributed by atoms with E-state index < -0.39 is 5.97 Å². The largest absolute Gasteiger partial charge is 0.507 e. The number of hydrogen-bond acceptors (Lipinski definition) is 6. The average molecular weight is 389 g/mol. The second-order valence-corrected chi connectivity index (χ2v) is 7.01. The number of phenols is 1. The Morgan fingerprint density at radius 1 is 0.966 bits per heavy atom. The van der Waals surface area contributed by atoms with E-state index in [-0.39, 0.29) is 0 Å². The smallest absolute Gasteiger partial charge is 0.343 e. The Kier molecular flexibility index (Phi) is 5.93. The summed E-state index contributed by atoms with van der Waals surface area (Å²) in [7, 11) is 3.82. The zero-order valence-electron chi connectivity index (χ0n) is 16.9. The highest BCUT2D eigenvalue weighted by Gasteiger charge is 2.12. The number of aromatic nitrogens is 2. The van der Waals surface area contributed by atoms with Gasteiger partial charge in [-0.1, -0.05) is 12.2 Å². The van der Waals surface area contributed by atoms with Crippen LogP contribution in [0.2, 0.25) is 0 Å². The van der Waals surface area contributed by atoms with Crippen molar-refractivity contribution in [1.29, 1.82) is 0 Å². The van der Waals surface area contributed by atoms with E-state index in [2.05, 4.69) is 9.97 Å². The highest BCUT2D eigenvalue weighted by atomic mass is 16.5. The predicted molar refractivity (Wildman–Crippen MR) is 114 cm³/mol. The summed E-state index contributed by atoms with van der Waals surface area (Å²) in [5.41, 5.74) is 4.77. The highest BCUT2D eigenvalue weighted by molar-refractivity contribution is 5.93. The summed E-state index contributed by atoms with van der Waals surface area (Å²) < 4.78 is 5.36. The summed E-state index contributed by atoms with van der Waals surface area (Å²) in [5.74, 6) is 0.126. The van der Waals surface area contributed by atoms with Crippen LogP contribution in [0.3, 0.4) is 0 Å². The Balaban J connectivity index is 1.91. The van der Waals surface area contributed by atoms with E-state index >= 15 is 0 Å². The minimum absolute atomic E-state index is 0.292. The normalized spacial score (nSPS) is 10.9. The van der Waals surface area contributed by atoms with Crippen molar-refractivity contribution in [2.75, 3.05) is 19.0 Å². The zero-order chi connectivity index (χ0) is 21.0. The number of aryl methyl sites for hydroxylation is 2. The molecule has 0 atom stereocenters. The molecule has 0 unspecified atom stereocenters. The molecule has 0 aliphatic rings. The van der Waals surface area contributed by atoms with Crippen LogP contribution < -0.4 is 9.64 Å². The molecule has 6 nitrogen and oxygen atoms in total. The standard InChI is InChI=1S/C23H23N3O3/c1-15-7-17(8-16(2)22(15)27)5-6-18-9-19(11-20(10-18)26(3)4)23(28)29-21-12-24-14-25-13-21/h5-14,27H,1-4H3. The summed E-state index contributed by atoms with van der Waals surface area (Å²) in [5, 5.41) is 9.94. The summed E-state index contributed by atoms with van der Waals surface area (Å²) >= 11 is 0. The molecule has 6 heteroatoms. The van der Waals surface area contributed by atoms with E-state index in [1.54, 1.807) is 12.1 Å². The van der Waals surface area contributed by atoms with Gasteiger partial charge in [0, 0.05) is 19.8 Å². The van der Waals surface area contributed by atoms with Crippen LogP contribution in [0.25, 0.3) is 12.2 Å². The molecule has 1 heterocycles. The number of nitrogens with zero attached hydrogens (tertiary/aromatic N) is 3. The molecule has 2 aromatic carbocycles. The number of carbonyl (C=O) groups is 1. The lowest BCUT2D eigenvalue weighted by Gasteiger charge is -2.15. The van der Waals surface area contributed by atoms with Crippen molar-refractivity contribution in [2.45, 2.75) is 13.8 Å². The van der Waals surface area contributed by atoms with Crippen molar-refractivity contribution in [3.63, 3.8) is 0 Å². The summed E-state index contributed by atoms with van der Waals surface area (Å²) in [6.45, 7) is 3.74. The first-order valence-corrected chi connectivity index (χ1v) is 9.11. The molecule has 0 fully saturated rings. The molecule has 29 heavy (non-hydrogen) atoms. The van der Waals surface area contributed by atoms with E-state index in [1.165, 1.54) is 18.7 Å². The molecule has 0 aliphatic heterocycles. The number of phenolic OH excluding ortho intramolecular Hbond substituents is 1. The molecule has 0 radical (unpaired) electrons. The number of benzene rings is 2. The van der Waals surface area contributed by atoms with Crippen molar-refractivity contribution < 1.29 is 14.6 Å². The molecule has 3 aromatic rings. The van der Waals surface area contributed by atoms with Gasteiger partial charge in [0.1, 0.15) is 12.1 Å². The van der Waals surface area contributed by atoms with Gasteiger partial charge in [0.2, 0.25) is 0 Å². The molecule has 1 aromatic heterocycles. The van der Waals surface area contributed by atoms with Crippen LogP contribution in [0, 0.1) is 13.8 Å². The van der Waals surface area contributed by atoms with Crippen LogP contribution in [0.5, 0.6) is 11.5 Å². The minimum Gasteiger partial charge on any atom is -0.507 e. The van der Waals surface area contributed by atoms with Crippen molar-refractivity contribution in [3.8, 4) is 11.5 Å². The van der Waals surface area contributed by atoms with Gasteiger partial charge < -0.3 is 14.7 Å².